The highest BCUT2D eigenvalue weighted by atomic mass is 16.6. The molecule has 2 aromatic rings. The zero-order valence-corrected chi connectivity index (χ0v) is 16.7. The van der Waals surface area contributed by atoms with E-state index in [0.29, 0.717) is 11.5 Å². The number of aliphatic carboxylic acids is 1. The van der Waals surface area contributed by atoms with Crippen LogP contribution in [-0.4, -0.2) is 46.4 Å². The molecule has 7 heteroatoms. The molecule has 0 aliphatic carbocycles. The van der Waals surface area contributed by atoms with Gasteiger partial charge < -0.3 is 19.3 Å². The number of rotatable bonds is 5. The summed E-state index contributed by atoms with van der Waals surface area (Å²) in [6.07, 6.45) is -0.899. The second kappa shape index (κ2) is 8.43. The van der Waals surface area contributed by atoms with Crippen molar-refractivity contribution in [3.63, 3.8) is 0 Å². The topological polar surface area (TPSA) is 85.3 Å². The van der Waals surface area contributed by atoms with E-state index in [4.69, 9.17) is 14.2 Å². The number of carbonyl (C=O) groups excluding carboxylic acids is 1. The van der Waals surface area contributed by atoms with Crippen LogP contribution in [-0.2, 0) is 9.53 Å². The molecule has 2 atom stereocenters. The molecule has 0 aromatic heterocycles. The van der Waals surface area contributed by atoms with Crippen LogP contribution < -0.4 is 9.47 Å². The van der Waals surface area contributed by atoms with E-state index in [1.54, 1.807) is 45.0 Å². The average molecular weight is 399 g/mol. The number of hydrogen-bond donors (Lipinski definition) is 1. The fraction of sp³-hybridized carbons (Fsp3) is 0.364. The minimum absolute atomic E-state index is 0.147. The van der Waals surface area contributed by atoms with E-state index in [9.17, 15) is 14.7 Å². The van der Waals surface area contributed by atoms with Crippen LogP contribution in [0, 0.1) is 0 Å². The maximum atomic E-state index is 12.4. The highest BCUT2D eigenvalue weighted by molar-refractivity contribution is 5.81. The fourth-order valence-electron chi connectivity index (χ4n) is 3.04. The minimum atomic E-state index is -1.08. The Hall–Kier alpha value is -3.22. The van der Waals surface area contributed by atoms with Gasteiger partial charge in [0.05, 0.1) is 6.54 Å². The lowest BCUT2D eigenvalue weighted by Gasteiger charge is -2.26. The van der Waals surface area contributed by atoms with Crippen molar-refractivity contribution in [1.82, 2.24) is 4.90 Å². The van der Waals surface area contributed by atoms with E-state index >= 15 is 0 Å². The summed E-state index contributed by atoms with van der Waals surface area (Å²) in [6, 6.07) is 15.5. The number of ether oxygens (including phenoxy) is 3. The zero-order valence-electron chi connectivity index (χ0n) is 16.7. The third-order valence-corrected chi connectivity index (χ3v) is 4.28. The van der Waals surface area contributed by atoms with E-state index < -0.39 is 29.8 Å². The number of carboxylic acids is 1. The molecule has 154 valence electrons. The second-order valence-corrected chi connectivity index (χ2v) is 7.85. The number of nitrogens with zero attached hydrogens (tertiary/aromatic N) is 1. The smallest absolute Gasteiger partial charge is 0.411 e. The second-order valence-electron chi connectivity index (χ2n) is 7.85. The van der Waals surface area contributed by atoms with Gasteiger partial charge in [-0.05, 0) is 57.2 Å². The predicted molar refractivity (Wildman–Crippen MR) is 106 cm³/mol. The lowest BCUT2D eigenvalue weighted by atomic mass is 10.2. The van der Waals surface area contributed by atoms with Crippen molar-refractivity contribution in [2.24, 2.45) is 0 Å². The Kier molecular flexibility index (Phi) is 5.96. The SMILES string of the molecule is CC(C)(C)OC(=O)N1C[C@@H](Oc2ccc(Oc3ccccc3)cc2)C[C@H]1C(=O)O. The number of benzene rings is 2. The molecule has 1 amide bonds. The Balaban J connectivity index is 1.62. The van der Waals surface area contributed by atoms with Gasteiger partial charge in [0, 0.05) is 6.42 Å². The first-order chi connectivity index (χ1) is 13.7. The summed E-state index contributed by atoms with van der Waals surface area (Å²) in [4.78, 5) is 25.2. The summed E-state index contributed by atoms with van der Waals surface area (Å²) in [5.74, 6) is 0.891. The maximum Gasteiger partial charge on any atom is 0.411 e. The summed E-state index contributed by atoms with van der Waals surface area (Å²) in [6.45, 7) is 5.37. The molecule has 0 saturated carbocycles. The molecule has 1 saturated heterocycles. The van der Waals surface area contributed by atoms with Gasteiger partial charge in [0.1, 0.15) is 35.0 Å². The monoisotopic (exact) mass is 399 g/mol. The summed E-state index contributed by atoms with van der Waals surface area (Å²) < 4.78 is 17.0. The first kappa shape index (κ1) is 20.5. The molecule has 7 nitrogen and oxygen atoms in total. The Morgan fingerprint density at radius 3 is 2.14 bits per heavy atom. The molecule has 1 heterocycles. The molecule has 2 aromatic carbocycles. The highest BCUT2D eigenvalue weighted by Gasteiger charge is 2.42. The van der Waals surface area contributed by atoms with Gasteiger partial charge in [0.15, 0.2) is 0 Å². The van der Waals surface area contributed by atoms with Crippen molar-refractivity contribution < 1.29 is 28.9 Å². The number of carbonyl (C=O) groups is 2. The molecule has 0 spiro atoms. The molecule has 29 heavy (non-hydrogen) atoms. The van der Waals surface area contributed by atoms with Crippen LogP contribution in [0.2, 0.25) is 0 Å². The van der Waals surface area contributed by atoms with Crippen molar-refractivity contribution in [1.29, 1.82) is 0 Å². The van der Waals surface area contributed by atoms with Crippen LogP contribution >= 0.6 is 0 Å². The van der Waals surface area contributed by atoms with Gasteiger partial charge in [0.2, 0.25) is 0 Å². The van der Waals surface area contributed by atoms with Gasteiger partial charge >= 0.3 is 12.1 Å². The van der Waals surface area contributed by atoms with Crippen molar-refractivity contribution in [3.05, 3.63) is 54.6 Å². The van der Waals surface area contributed by atoms with Crippen molar-refractivity contribution in [3.8, 4) is 17.2 Å². The van der Waals surface area contributed by atoms with Crippen LogP contribution in [0.4, 0.5) is 4.79 Å². The van der Waals surface area contributed by atoms with Gasteiger partial charge in [-0.3, -0.25) is 4.90 Å². The molecule has 0 unspecified atom stereocenters. The van der Waals surface area contributed by atoms with E-state index in [1.165, 1.54) is 4.90 Å². The van der Waals surface area contributed by atoms with Crippen molar-refractivity contribution >= 4 is 12.1 Å². The fourth-order valence-corrected chi connectivity index (χ4v) is 3.04. The third-order valence-electron chi connectivity index (χ3n) is 4.28. The first-order valence-corrected chi connectivity index (χ1v) is 9.43. The molecular formula is C22H25NO6. The van der Waals surface area contributed by atoms with Gasteiger partial charge in [-0.15, -0.1) is 0 Å². The first-order valence-electron chi connectivity index (χ1n) is 9.43. The number of carboxylic acid groups (broad SMARTS) is 1. The lowest BCUT2D eigenvalue weighted by molar-refractivity contribution is -0.142. The number of likely N-dealkylation sites (tertiary alicyclic amines) is 1. The molecule has 1 fully saturated rings. The molecule has 1 N–H and O–H groups in total. The van der Waals surface area contributed by atoms with Crippen molar-refractivity contribution in [2.75, 3.05) is 6.54 Å². The highest BCUT2D eigenvalue weighted by Crippen LogP contribution is 2.28. The summed E-state index contributed by atoms with van der Waals surface area (Å²) >= 11 is 0. The van der Waals surface area contributed by atoms with Crippen LogP contribution in [0.5, 0.6) is 17.2 Å². The van der Waals surface area contributed by atoms with Crippen LogP contribution in [0.1, 0.15) is 27.2 Å². The Morgan fingerprint density at radius 2 is 1.55 bits per heavy atom. The summed E-state index contributed by atoms with van der Waals surface area (Å²) in [5.41, 5.74) is -0.701. The standard InChI is InChI=1S/C22H25NO6/c1-22(2,3)29-21(26)23-14-18(13-19(23)20(24)25)28-17-11-9-16(10-12-17)27-15-7-5-4-6-8-15/h4-12,18-19H,13-14H2,1-3H3,(H,24,25)/t18-,19-/m0/s1. The van der Waals surface area contributed by atoms with Gasteiger partial charge in [-0.1, -0.05) is 18.2 Å². The number of para-hydroxylation sites is 1. The van der Waals surface area contributed by atoms with E-state index in [1.807, 2.05) is 30.3 Å². The van der Waals surface area contributed by atoms with Crippen LogP contribution in [0.15, 0.2) is 54.6 Å². The minimum Gasteiger partial charge on any atom is -0.488 e. The Bertz CT molecular complexity index is 844. The normalized spacial score (nSPS) is 18.9. The molecule has 0 radical (unpaired) electrons. The van der Waals surface area contributed by atoms with E-state index in [0.717, 1.165) is 5.75 Å². The lowest BCUT2D eigenvalue weighted by Crippen LogP contribution is -2.43. The predicted octanol–water partition coefficient (Wildman–Crippen LogP) is 4.32. The van der Waals surface area contributed by atoms with Crippen LogP contribution in [0.25, 0.3) is 0 Å². The van der Waals surface area contributed by atoms with Gasteiger partial charge in [-0.2, -0.15) is 0 Å². The average Bonchev–Trinajstić information content (AvgIpc) is 3.07. The molecular weight excluding hydrogens is 374 g/mol. The molecule has 1 aliphatic rings. The Morgan fingerprint density at radius 1 is 0.966 bits per heavy atom. The van der Waals surface area contributed by atoms with Crippen molar-refractivity contribution in [2.45, 2.75) is 44.9 Å². The van der Waals surface area contributed by atoms with E-state index in [-0.39, 0.29) is 13.0 Å². The summed E-state index contributed by atoms with van der Waals surface area (Å²) in [5, 5.41) is 9.47. The summed E-state index contributed by atoms with van der Waals surface area (Å²) in [7, 11) is 0. The number of hydrogen-bond acceptors (Lipinski definition) is 5. The molecule has 1 aliphatic heterocycles. The zero-order chi connectivity index (χ0) is 21.0. The van der Waals surface area contributed by atoms with E-state index in [2.05, 4.69) is 0 Å². The van der Waals surface area contributed by atoms with Crippen LogP contribution in [0.3, 0.4) is 0 Å². The van der Waals surface area contributed by atoms with Gasteiger partial charge in [0.25, 0.3) is 0 Å². The maximum absolute atomic E-state index is 12.4. The quantitative estimate of drug-likeness (QED) is 0.806. The largest absolute Gasteiger partial charge is 0.488 e. The molecule has 0 bridgehead atoms. The Labute approximate surface area is 169 Å². The molecule has 3 rings (SSSR count). The number of amides is 1. The van der Waals surface area contributed by atoms with Gasteiger partial charge in [-0.25, -0.2) is 9.59 Å². The third kappa shape index (κ3) is 5.63.